The molecule has 3 aromatic rings. The minimum Gasteiger partial charge on any atom is -0.466 e. The first-order valence-corrected chi connectivity index (χ1v) is 9.58. The molecule has 0 radical (unpaired) electrons. The molecule has 0 spiro atoms. The fourth-order valence-electron chi connectivity index (χ4n) is 3.66. The van der Waals surface area contributed by atoms with E-state index in [1.807, 2.05) is 37.3 Å². The van der Waals surface area contributed by atoms with Crippen LogP contribution in [0, 0.1) is 11.9 Å². The lowest BCUT2D eigenvalue weighted by Crippen LogP contribution is -2.37. The van der Waals surface area contributed by atoms with Crippen LogP contribution in [0.4, 0.5) is 10.2 Å². The molecule has 1 fully saturated rings. The number of halogens is 1. The van der Waals surface area contributed by atoms with E-state index in [0.29, 0.717) is 6.61 Å². The summed E-state index contributed by atoms with van der Waals surface area (Å²) in [5, 5.41) is 1.000. The second-order valence-electron chi connectivity index (χ2n) is 6.96. The zero-order valence-electron chi connectivity index (χ0n) is 15.8. The highest BCUT2D eigenvalue weighted by Gasteiger charge is 2.26. The first-order chi connectivity index (χ1) is 13.6. The van der Waals surface area contributed by atoms with E-state index in [-0.39, 0.29) is 11.9 Å². The second-order valence-corrected chi connectivity index (χ2v) is 6.96. The number of pyridine rings is 2. The average molecular weight is 379 g/mol. The number of benzene rings is 1. The molecule has 1 saturated heterocycles. The maximum atomic E-state index is 13.4. The number of aromatic nitrogens is 2. The largest absolute Gasteiger partial charge is 0.466 e. The molecule has 144 valence electrons. The monoisotopic (exact) mass is 379 g/mol. The number of hydrogen-bond acceptors (Lipinski definition) is 5. The molecule has 5 nitrogen and oxygen atoms in total. The minimum atomic E-state index is -0.489. The number of fused-ring (bicyclic) bond motifs is 1. The van der Waals surface area contributed by atoms with E-state index in [1.54, 1.807) is 6.07 Å². The van der Waals surface area contributed by atoms with Crippen molar-refractivity contribution < 1.29 is 13.9 Å². The highest BCUT2D eigenvalue weighted by atomic mass is 19.1. The smallest absolute Gasteiger partial charge is 0.309 e. The molecular weight excluding hydrogens is 357 g/mol. The van der Waals surface area contributed by atoms with Gasteiger partial charge in [-0.05, 0) is 61.2 Å². The predicted molar refractivity (Wildman–Crippen MR) is 107 cm³/mol. The van der Waals surface area contributed by atoms with Gasteiger partial charge >= 0.3 is 5.97 Å². The molecule has 28 heavy (non-hydrogen) atoms. The summed E-state index contributed by atoms with van der Waals surface area (Å²) in [5.74, 6) is 0.323. The van der Waals surface area contributed by atoms with Gasteiger partial charge in [-0.25, -0.2) is 9.97 Å². The summed E-state index contributed by atoms with van der Waals surface area (Å²) < 4.78 is 18.5. The molecule has 1 aliphatic rings. The Labute approximate surface area is 163 Å². The maximum absolute atomic E-state index is 13.4. The van der Waals surface area contributed by atoms with Crippen molar-refractivity contribution in [3.05, 3.63) is 54.6 Å². The van der Waals surface area contributed by atoms with Gasteiger partial charge in [0, 0.05) is 30.7 Å². The lowest BCUT2D eigenvalue weighted by molar-refractivity contribution is -0.148. The highest BCUT2D eigenvalue weighted by molar-refractivity contribution is 5.85. The Morgan fingerprint density at radius 3 is 2.68 bits per heavy atom. The number of piperidine rings is 1. The van der Waals surface area contributed by atoms with Crippen molar-refractivity contribution in [2.45, 2.75) is 19.8 Å². The quantitative estimate of drug-likeness (QED) is 0.502. The summed E-state index contributed by atoms with van der Waals surface area (Å²) in [4.78, 5) is 22.5. The molecule has 0 atom stereocenters. The van der Waals surface area contributed by atoms with Crippen molar-refractivity contribution in [1.82, 2.24) is 9.97 Å². The molecular formula is C22H22FN3O2. The minimum absolute atomic E-state index is 0.0139. The SMILES string of the molecule is CCOC(=O)C1CCN(c2ccc3cc(-c4ccnc(F)c4)ccc3n2)CC1. The van der Waals surface area contributed by atoms with Crippen molar-refractivity contribution >= 4 is 22.7 Å². The van der Waals surface area contributed by atoms with Crippen LogP contribution < -0.4 is 4.90 Å². The standard InChI is InChI=1S/C22H22FN3O2/c1-2-28-22(27)15-8-11-26(12-9-15)21-6-4-18-13-16(3-5-19(18)25-21)17-7-10-24-20(23)14-17/h3-7,10,13-15H,2,8-9,11-12H2,1H3. The Morgan fingerprint density at radius 2 is 1.93 bits per heavy atom. The third-order valence-corrected chi connectivity index (χ3v) is 5.17. The molecule has 0 amide bonds. The molecule has 0 unspecified atom stereocenters. The van der Waals surface area contributed by atoms with Gasteiger partial charge < -0.3 is 9.64 Å². The molecule has 0 aliphatic carbocycles. The zero-order chi connectivity index (χ0) is 19.5. The van der Waals surface area contributed by atoms with Crippen molar-refractivity contribution in [2.24, 2.45) is 5.92 Å². The van der Waals surface area contributed by atoms with E-state index in [4.69, 9.17) is 9.72 Å². The second kappa shape index (κ2) is 7.92. The zero-order valence-corrected chi connectivity index (χ0v) is 15.8. The molecule has 1 aliphatic heterocycles. The molecule has 0 N–H and O–H groups in total. The van der Waals surface area contributed by atoms with Crippen LogP contribution in [0.25, 0.3) is 22.0 Å². The van der Waals surface area contributed by atoms with E-state index < -0.39 is 5.95 Å². The number of nitrogens with zero attached hydrogens (tertiary/aromatic N) is 3. The lowest BCUT2D eigenvalue weighted by atomic mass is 9.97. The Bertz CT molecular complexity index is 1000. The third-order valence-electron chi connectivity index (χ3n) is 5.17. The van der Waals surface area contributed by atoms with E-state index in [9.17, 15) is 9.18 Å². The van der Waals surface area contributed by atoms with Crippen LogP contribution in [-0.2, 0) is 9.53 Å². The van der Waals surface area contributed by atoms with Crippen LogP contribution in [0.3, 0.4) is 0 Å². The van der Waals surface area contributed by atoms with Crippen molar-refractivity contribution in [1.29, 1.82) is 0 Å². The number of carbonyl (C=O) groups excluding carboxylic acids is 1. The maximum Gasteiger partial charge on any atom is 0.309 e. The van der Waals surface area contributed by atoms with Gasteiger partial charge in [0.2, 0.25) is 5.95 Å². The van der Waals surface area contributed by atoms with Gasteiger partial charge in [-0.15, -0.1) is 0 Å². The van der Waals surface area contributed by atoms with E-state index >= 15 is 0 Å². The topological polar surface area (TPSA) is 55.3 Å². The van der Waals surface area contributed by atoms with Crippen molar-refractivity contribution in [2.75, 3.05) is 24.6 Å². The predicted octanol–water partition coefficient (Wildman–Crippen LogP) is 4.22. The third kappa shape index (κ3) is 3.81. The van der Waals surface area contributed by atoms with Gasteiger partial charge in [-0.2, -0.15) is 4.39 Å². The van der Waals surface area contributed by atoms with Crippen LogP contribution in [0.15, 0.2) is 48.7 Å². The van der Waals surface area contributed by atoms with E-state index in [1.165, 1.54) is 12.3 Å². The Kier molecular flexibility index (Phi) is 5.19. The van der Waals surface area contributed by atoms with Gasteiger partial charge in [0.1, 0.15) is 5.82 Å². The first kappa shape index (κ1) is 18.3. The molecule has 2 aromatic heterocycles. The van der Waals surface area contributed by atoms with Gasteiger partial charge in [0.15, 0.2) is 0 Å². The van der Waals surface area contributed by atoms with Crippen LogP contribution in [-0.4, -0.2) is 35.6 Å². The van der Waals surface area contributed by atoms with E-state index in [2.05, 4.69) is 9.88 Å². The molecule has 6 heteroatoms. The van der Waals surface area contributed by atoms with Gasteiger partial charge in [0.25, 0.3) is 0 Å². The number of ether oxygens (including phenoxy) is 1. The number of anilines is 1. The Balaban J connectivity index is 1.51. The van der Waals surface area contributed by atoms with Crippen molar-refractivity contribution in [3.63, 3.8) is 0 Å². The number of esters is 1. The van der Waals surface area contributed by atoms with Crippen LogP contribution in [0.2, 0.25) is 0 Å². The Morgan fingerprint density at radius 1 is 1.14 bits per heavy atom. The normalized spacial score (nSPS) is 15.0. The number of carbonyl (C=O) groups is 1. The number of rotatable bonds is 4. The first-order valence-electron chi connectivity index (χ1n) is 9.58. The fraction of sp³-hybridized carbons (Fsp3) is 0.318. The van der Waals surface area contributed by atoms with Crippen LogP contribution in [0.1, 0.15) is 19.8 Å². The summed E-state index contributed by atoms with van der Waals surface area (Å²) in [5.41, 5.74) is 2.61. The molecule has 0 bridgehead atoms. The summed E-state index contributed by atoms with van der Waals surface area (Å²) >= 11 is 0. The van der Waals surface area contributed by atoms with E-state index in [0.717, 1.165) is 53.8 Å². The molecule has 3 heterocycles. The molecule has 4 rings (SSSR count). The van der Waals surface area contributed by atoms with Crippen molar-refractivity contribution in [3.8, 4) is 11.1 Å². The lowest BCUT2D eigenvalue weighted by Gasteiger charge is -2.31. The van der Waals surface area contributed by atoms with Crippen LogP contribution in [0.5, 0.6) is 0 Å². The van der Waals surface area contributed by atoms with Gasteiger partial charge in [0.05, 0.1) is 18.0 Å². The number of hydrogen-bond donors (Lipinski definition) is 0. The van der Waals surface area contributed by atoms with Crippen LogP contribution >= 0.6 is 0 Å². The van der Waals surface area contributed by atoms with Gasteiger partial charge in [-0.1, -0.05) is 6.07 Å². The van der Waals surface area contributed by atoms with Gasteiger partial charge in [-0.3, -0.25) is 4.79 Å². The summed E-state index contributed by atoms with van der Waals surface area (Å²) in [6, 6.07) is 13.2. The average Bonchev–Trinajstić information content (AvgIpc) is 2.73. The Hall–Kier alpha value is -3.02. The fourth-order valence-corrected chi connectivity index (χ4v) is 3.66. The summed E-state index contributed by atoms with van der Waals surface area (Å²) in [6.45, 7) is 3.84. The summed E-state index contributed by atoms with van der Waals surface area (Å²) in [6.07, 6.45) is 3.03. The summed E-state index contributed by atoms with van der Waals surface area (Å²) in [7, 11) is 0. The molecule has 1 aromatic carbocycles. The molecule has 0 saturated carbocycles. The highest BCUT2D eigenvalue weighted by Crippen LogP contribution is 2.27.